The lowest BCUT2D eigenvalue weighted by Gasteiger charge is -2.06. The smallest absolute Gasteiger partial charge is 0.338 e. The van der Waals surface area contributed by atoms with Crippen LogP contribution in [-0.2, 0) is 11.3 Å². The Kier molecular flexibility index (Phi) is 3.97. The van der Waals surface area contributed by atoms with Gasteiger partial charge in [-0.05, 0) is 23.8 Å². The van der Waals surface area contributed by atoms with Gasteiger partial charge in [0.1, 0.15) is 6.61 Å². The molecule has 0 aliphatic carbocycles. The highest BCUT2D eigenvalue weighted by molar-refractivity contribution is 5.89. The van der Waals surface area contributed by atoms with E-state index in [0.29, 0.717) is 23.7 Å². The maximum absolute atomic E-state index is 11.4. The van der Waals surface area contributed by atoms with Crippen LogP contribution >= 0.6 is 0 Å². The maximum atomic E-state index is 11.4. The Hall–Kier alpha value is -2.56. The number of benzene rings is 1. The molecule has 1 aromatic carbocycles. The summed E-state index contributed by atoms with van der Waals surface area (Å²) in [6.07, 6.45) is 1.50. The highest BCUT2D eigenvalue weighted by atomic mass is 16.5. The van der Waals surface area contributed by atoms with E-state index in [0.717, 1.165) is 5.56 Å². The highest BCUT2D eigenvalue weighted by Crippen LogP contribution is 2.13. The van der Waals surface area contributed by atoms with E-state index in [4.69, 9.17) is 10.5 Å². The fourth-order valence-electron chi connectivity index (χ4n) is 1.50. The minimum Gasteiger partial charge on any atom is -0.473 e. The molecule has 19 heavy (non-hydrogen) atoms. The number of ether oxygens (including phenoxy) is 2. The van der Waals surface area contributed by atoms with Crippen LogP contribution in [0.3, 0.4) is 0 Å². The van der Waals surface area contributed by atoms with Crippen LogP contribution in [0.15, 0.2) is 42.6 Å². The summed E-state index contributed by atoms with van der Waals surface area (Å²) in [4.78, 5) is 15.4. The van der Waals surface area contributed by atoms with Gasteiger partial charge in [-0.25, -0.2) is 9.78 Å². The predicted molar refractivity (Wildman–Crippen MR) is 70.8 cm³/mol. The van der Waals surface area contributed by atoms with Crippen molar-refractivity contribution in [3.63, 3.8) is 0 Å². The zero-order chi connectivity index (χ0) is 13.7. The van der Waals surface area contributed by atoms with E-state index in [2.05, 4.69) is 9.72 Å². The van der Waals surface area contributed by atoms with Gasteiger partial charge in [0.2, 0.25) is 5.88 Å². The molecule has 0 radical (unpaired) electrons. The SMILES string of the molecule is COC(=O)c1ccnc(OCc2ccc(N)cc2)c1. The van der Waals surface area contributed by atoms with Crippen molar-refractivity contribution in [3.05, 3.63) is 53.7 Å². The van der Waals surface area contributed by atoms with Crippen LogP contribution < -0.4 is 10.5 Å². The summed E-state index contributed by atoms with van der Waals surface area (Å²) < 4.78 is 10.1. The standard InChI is InChI=1S/C14H14N2O3/c1-18-14(17)11-6-7-16-13(8-11)19-9-10-2-4-12(15)5-3-10/h2-8H,9,15H2,1H3. The average Bonchev–Trinajstić information content (AvgIpc) is 2.46. The molecule has 1 aromatic heterocycles. The number of methoxy groups -OCH3 is 1. The molecule has 1 heterocycles. The fourth-order valence-corrected chi connectivity index (χ4v) is 1.50. The summed E-state index contributed by atoms with van der Waals surface area (Å²) in [7, 11) is 1.33. The summed E-state index contributed by atoms with van der Waals surface area (Å²) in [6, 6.07) is 10.5. The second kappa shape index (κ2) is 5.86. The third kappa shape index (κ3) is 3.45. The van der Waals surface area contributed by atoms with Gasteiger partial charge in [-0.15, -0.1) is 0 Å². The molecule has 0 bridgehead atoms. The number of pyridine rings is 1. The van der Waals surface area contributed by atoms with Crippen molar-refractivity contribution >= 4 is 11.7 Å². The molecular weight excluding hydrogens is 244 g/mol. The third-order valence-electron chi connectivity index (χ3n) is 2.52. The van der Waals surface area contributed by atoms with Gasteiger partial charge in [0.15, 0.2) is 0 Å². The van der Waals surface area contributed by atoms with Gasteiger partial charge in [-0.2, -0.15) is 0 Å². The summed E-state index contributed by atoms with van der Waals surface area (Å²) in [5.74, 6) is -0.0422. The quantitative estimate of drug-likeness (QED) is 0.671. The molecule has 2 aromatic rings. The number of hydrogen-bond donors (Lipinski definition) is 1. The largest absolute Gasteiger partial charge is 0.473 e. The number of nitrogens with two attached hydrogens (primary N) is 1. The van der Waals surface area contributed by atoms with Gasteiger partial charge >= 0.3 is 5.97 Å². The number of aromatic nitrogens is 1. The number of carbonyl (C=O) groups excluding carboxylic acids is 1. The van der Waals surface area contributed by atoms with Crippen molar-refractivity contribution in [2.75, 3.05) is 12.8 Å². The lowest BCUT2D eigenvalue weighted by Crippen LogP contribution is -2.03. The zero-order valence-electron chi connectivity index (χ0n) is 10.5. The molecule has 2 rings (SSSR count). The lowest BCUT2D eigenvalue weighted by atomic mass is 10.2. The summed E-state index contributed by atoms with van der Waals surface area (Å²) in [5.41, 5.74) is 7.68. The molecule has 0 amide bonds. The molecule has 98 valence electrons. The van der Waals surface area contributed by atoms with E-state index in [9.17, 15) is 4.79 Å². The second-order valence-electron chi connectivity index (χ2n) is 3.90. The van der Waals surface area contributed by atoms with Crippen molar-refractivity contribution < 1.29 is 14.3 Å². The first-order valence-electron chi connectivity index (χ1n) is 5.70. The van der Waals surface area contributed by atoms with Gasteiger partial charge in [0.25, 0.3) is 0 Å². The van der Waals surface area contributed by atoms with Crippen LogP contribution in [0.2, 0.25) is 0 Å². The first kappa shape index (κ1) is 12.9. The van der Waals surface area contributed by atoms with Crippen molar-refractivity contribution in [1.29, 1.82) is 0 Å². The Balaban J connectivity index is 2.03. The number of esters is 1. The number of nitrogen functional groups attached to an aromatic ring is 1. The molecule has 0 fully saturated rings. The topological polar surface area (TPSA) is 74.4 Å². The zero-order valence-corrected chi connectivity index (χ0v) is 10.5. The van der Waals surface area contributed by atoms with E-state index >= 15 is 0 Å². The van der Waals surface area contributed by atoms with Gasteiger partial charge in [0.05, 0.1) is 12.7 Å². The van der Waals surface area contributed by atoms with E-state index < -0.39 is 5.97 Å². The minimum absolute atomic E-state index is 0.359. The summed E-state index contributed by atoms with van der Waals surface area (Å²) in [5, 5.41) is 0. The lowest BCUT2D eigenvalue weighted by molar-refractivity contribution is 0.0600. The number of anilines is 1. The molecule has 5 nitrogen and oxygen atoms in total. The molecule has 2 N–H and O–H groups in total. The maximum Gasteiger partial charge on any atom is 0.338 e. The molecule has 0 aliphatic heterocycles. The Morgan fingerprint density at radius 2 is 2.00 bits per heavy atom. The molecule has 0 spiro atoms. The van der Waals surface area contributed by atoms with Crippen LogP contribution in [0.1, 0.15) is 15.9 Å². The molecule has 5 heteroatoms. The Labute approximate surface area is 111 Å². The molecule has 0 atom stereocenters. The van der Waals surface area contributed by atoms with Crippen molar-refractivity contribution in [1.82, 2.24) is 4.98 Å². The van der Waals surface area contributed by atoms with E-state index in [1.54, 1.807) is 24.3 Å². The summed E-state index contributed by atoms with van der Waals surface area (Å²) >= 11 is 0. The molecule has 0 aliphatic rings. The van der Waals surface area contributed by atoms with Crippen LogP contribution in [0.4, 0.5) is 5.69 Å². The number of nitrogens with zero attached hydrogens (tertiary/aromatic N) is 1. The third-order valence-corrected chi connectivity index (χ3v) is 2.52. The molecule has 0 unspecified atom stereocenters. The minimum atomic E-state index is -0.417. The first-order chi connectivity index (χ1) is 9.19. The van der Waals surface area contributed by atoms with Gasteiger partial charge in [-0.3, -0.25) is 0 Å². The van der Waals surface area contributed by atoms with E-state index in [1.165, 1.54) is 13.3 Å². The van der Waals surface area contributed by atoms with Crippen LogP contribution in [0, 0.1) is 0 Å². The van der Waals surface area contributed by atoms with E-state index in [1.807, 2.05) is 12.1 Å². The fraction of sp³-hybridized carbons (Fsp3) is 0.143. The Morgan fingerprint density at radius 1 is 1.26 bits per heavy atom. The molecule has 0 saturated carbocycles. The number of rotatable bonds is 4. The molecular formula is C14H14N2O3. The molecule has 0 saturated heterocycles. The Bertz CT molecular complexity index is 567. The van der Waals surface area contributed by atoms with Crippen LogP contribution in [0.25, 0.3) is 0 Å². The monoisotopic (exact) mass is 258 g/mol. The van der Waals surface area contributed by atoms with Crippen molar-refractivity contribution in [3.8, 4) is 5.88 Å². The summed E-state index contributed by atoms with van der Waals surface area (Å²) in [6.45, 7) is 0.359. The number of hydrogen-bond acceptors (Lipinski definition) is 5. The predicted octanol–water partition coefficient (Wildman–Crippen LogP) is 2.03. The second-order valence-corrected chi connectivity index (χ2v) is 3.90. The number of carbonyl (C=O) groups is 1. The first-order valence-corrected chi connectivity index (χ1v) is 5.70. The van der Waals surface area contributed by atoms with Gasteiger partial charge in [-0.1, -0.05) is 12.1 Å². The van der Waals surface area contributed by atoms with Crippen LogP contribution in [0.5, 0.6) is 5.88 Å². The van der Waals surface area contributed by atoms with Crippen molar-refractivity contribution in [2.24, 2.45) is 0 Å². The van der Waals surface area contributed by atoms with Gasteiger partial charge in [0, 0.05) is 18.0 Å². The highest BCUT2D eigenvalue weighted by Gasteiger charge is 2.07. The Morgan fingerprint density at radius 3 is 2.68 bits per heavy atom. The van der Waals surface area contributed by atoms with Crippen molar-refractivity contribution in [2.45, 2.75) is 6.61 Å². The normalized spacial score (nSPS) is 9.95. The van der Waals surface area contributed by atoms with E-state index in [-0.39, 0.29) is 0 Å². The van der Waals surface area contributed by atoms with Crippen LogP contribution in [-0.4, -0.2) is 18.1 Å². The average molecular weight is 258 g/mol. The van der Waals surface area contributed by atoms with Gasteiger partial charge < -0.3 is 15.2 Å².